The quantitative estimate of drug-likeness (QED) is 0.833. The highest BCUT2D eigenvalue weighted by molar-refractivity contribution is 5.19. The van der Waals surface area contributed by atoms with E-state index in [1.54, 1.807) is 0 Å². The highest BCUT2D eigenvalue weighted by Crippen LogP contribution is 2.02. The van der Waals surface area contributed by atoms with E-state index >= 15 is 0 Å². The van der Waals surface area contributed by atoms with Gasteiger partial charge in [-0.3, -0.25) is 5.32 Å². The molecule has 0 radical (unpaired) electrons. The fourth-order valence-corrected chi connectivity index (χ4v) is 1.60. The van der Waals surface area contributed by atoms with E-state index in [9.17, 15) is 0 Å². The van der Waals surface area contributed by atoms with Crippen molar-refractivity contribution >= 4 is 0 Å². The van der Waals surface area contributed by atoms with Gasteiger partial charge in [-0.15, -0.1) is 0 Å². The van der Waals surface area contributed by atoms with Crippen molar-refractivity contribution in [3.63, 3.8) is 0 Å². The van der Waals surface area contributed by atoms with Crippen LogP contribution in [0.2, 0.25) is 0 Å². The van der Waals surface area contributed by atoms with Crippen LogP contribution >= 0.6 is 0 Å². The molecule has 92 valence electrons. The van der Waals surface area contributed by atoms with E-state index in [4.69, 9.17) is 0 Å². The second-order valence-electron chi connectivity index (χ2n) is 3.72. The van der Waals surface area contributed by atoms with Crippen molar-refractivity contribution in [3.05, 3.63) is 59.8 Å². The molecule has 1 aromatic carbocycles. The van der Waals surface area contributed by atoms with Crippen LogP contribution in [0, 0.1) is 0 Å². The Hall–Kier alpha value is -1.54. The Morgan fingerprint density at radius 1 is 1.18 bits per heavy atom. The van der Waals surface area contributed by atoms with E-state index in [1.165, 1.54) is 11.3 Å². The summed E-state index contributed by atoms with van der Waals surface area (Å²) in [6.45, 7) is 6.96. The van der Waals surface area contributed by atoms with Crippen LogP contribution < -0.4 is 10.6 Å². The predicted molar refractivity (Wildman–Crippen MR) is 74.5 cm³/mol. The van der Waals surface area contributed by atoms with Gasteiger partial charge in [0, 0.05) is 12.2 Å². The maximum atomic E-state index is 3.43. The summed E-state index contributed by atoms with van der Waals surface area (Å²) in [6.07, 6.45) is 6.51. The summed E-state index contributed by atoms with van der Waals surface area (Å²) in [6, 6.07) is 10.4. The van der Waals surface area contributed by atoms with E-state index in [-0.39, 0.29) is 6.17 Å². The third kappa shape index (κ3) is 4.87. The molecule has 0 aliphatic carbocycles. The Balaban J connectivity index is 0.000000686. The third-order valence-electron chi connectivity index (χ3n) is 2.40. The van der Waals surface area contributed by atoms with Crippen molar-refractivity contribution < 1.29 is 0 Å². The van der Waals surface area contributed by atoms with Gasteiger partial charge in [-0.2, -0.15) is 0 Å². The highest BCUT2D eigenvalue weighted by atomic mass is 15.1. The SMILES string of the molecule is CC.CC1=CC=CC(NCc2ccccc2)N1. The zero-order valence-corrected chi connectivity index (χ0v) is 10.9. The molecule has 2 rings (SSSR count). The Bertz CT molecular complexity index is 366. The first-order chi connectivity index (χ1) is 8.34. The predicted octanol–water partition coefficient (Wildman–Crippen LogP) is 3.19. The van der Waals surface area contributed by atoms with Crippen LogP contribution in [0.5, 0.6) is 0 Å². The van der Waals surface area contributed by atoms with Gasteiger partial charge in [0.05, 0.1) is 6.17 Å². The first kappa shape index (κ1) is 13.5. The minimum atomic E-state index is 0.246. The average molecular weight is 230 g/mol. The number of rotatable bonds is 3. The zero-order valence-electron chi connectivity index (χ0n) is 10.9. The van der Waals surface area contributed by atoms with Crippen LogP contribution in [0.3, 0.4) is 0 Å². The molecule has 1 aliphatic rings. The van der Waals surface area contributed by atoms with Crippen LogP contribution in [0.4, 0.5) is 0 Å². The largest absolute Gasteiger partial charge is 0.370 e. The molecule has 2 N–H and O–H groups in total. The van der Waals surface area contributed by atoms with Crippen LogP contribution in [-0.4, -0.2) is 6.17 Å². The highest BCUT2D eigenvalue weighted by Gasteiger charge is 2.05. The molecule has 1 aliphatic heterocycles. The topological polar surface area (TPSA) is 24.1 Å². The third-order valence-corrected chi connectivity index (χ3v) is 2.40. The summed E-state index contributed by atoms with van der Waals surface area (Å²) in [4.78, 5) is 0. The molecule has 0 spiro atoms. The molecular formula is C15H22N2. The normalized spacial score (nSPS) is 17.6. The first-order valence-electron chi connectivity index (χ1n) is 6.23. The lowest BCUT2D eigenvalue weighted by Crippen LogP contribution is -2.40. The molecular weight excluding hydrogens is 208 g/mol. The maximum Gasteiger partial charge on any atom is 0.0964 e. The monoisotopic (exact) mass is 230 g/mol. The molecule has 1 atom stereocenters. The van der Waals surface area contributed by atoms with Crippen molar-refractivity contribution in [2.45, 2.75) is 33.5 Å². The number of nitrogens with one attached hydrogen (secondary N) is 2. The minimum Gasteiger partial charge on any atom is -0.370 e. The van der Waals surface area contributed by atoms with Gasteiger partial charge in [0.2, 0.25) is 0 Å². The Morgan fingerprint density at radius 2 is 1.88 bits per heavy atom. The number of hydrogen-bond donors (Lipinski definition) is 2. The van der Waals surface area contributed by atoms with Gasteiger partial charge < -0.3 is 5.32 Å². The van der Waals surface area contributed by atoms with Crippen molar-refractivity contribution in [1.82, 2.24) is 10.6 Å². The van der Waals surface area contributed by atoms with Gasteiger partial charge in [-0.1, -0.05) is 50.3 Å². The van der Waals surface area contributed by atoms with Gasteiger partial charge in [0.1, 0.15) is 0 Å². The molecule has 17 heavy (non-hydrogen) atoms. The van der Waals surface area contributed by atoms with Gasteiger partial charge in [-0.05, 0) is 24.6 Å². The van der Waals surface area contributed by atoms with Crippen molar-refractivity contribution in [2.24, 2.45) is 0 Å². The fourth-order valence-electron chi connectivity index (χ4n) is 1.60. The molecule has 1 aromatic rings. The summed E-state index contributed by atoms with van der Waals surface area (Å²) < 4.78 is 0. The molecule has 1 unspecified atom stereocenters. The Kier molecular flexibility index (Phi) is 6.12. The van der Waals surface area contributed by atoms with Gasteiger partial charge in [0.15, 0.2) is 0 Å². The molecule has 0 saturated heterocycles. The summed E-state index contributed by atoms with van der Waals surface area (Å²) >= 11 is 0. The Labute approximate surface area is 104 Å². The van der Waals surface area contributed by atoms with E-state index in [1.807, 2.05) is 19.9 Å². The fraction of sp³-hybridized carbons (Fsp3) is 0.333. The average Bonchev–Trinajstić information content (AvgIpc) is 2.40. The molecule has 2 nitrogen and oxygen atoms in total. The van der Waals surface area contributed by atoms with Gasteiger partial charge in [-0.25, -0.2) is 0 Å². The second kappa shape index (κ2) is 7.69. The minimum absolute atomic E-state index is 0.246. The lowest BCUT2D eigenvalue weighted by atomic mass is 10.2. The molecule has 0 aromatic heterocycles. The van der Waals surface area contributed by atoms with Gasteiger partial charge in [0.25, 0.3) is 0 Å². The number of dihydropyridines is 1. The molecule has 0 amide bonds. The molecule has 0 bridgehead atoms. The summed E-state index contributed by atoms with van der Waals surface area (Å²) in [5.74, 6) is 0. The molecule has 0 fully saturated rings. The van der Waals surface area contributed by atoms with Crippen LogP contribution in [-0.2, 0) is 6.54 Å². The smallest absolute Gasteiger partial charge is 0.0964 e. The van der Waals surface area contributed by atoms with Crippen LogP contribution in [0.15, 0.2) is 54.3 Å². The second-order valence-corrected chi connectivity index (χ2v) is 3.72. The van der Waals surface area contributed by atoms with Crippen molar-refractivity contribution in [1.29, 1.82) is 0 Å². The van der Waals surface area contributed by atoms with E-state index < -0.39 is 0 Å². The van der Waals surface area contributed by atoms with Gasteiger partial charge >= 0.3 is 0 Å². The number of allylic oxidation sites excluding steroid dienone is 3. The molecule has 2 heteroatoms. The summed E-state index contributed by atoms with van der Waals surface area (Å²) in [5.41, 5.74) is 2.50. The number of hydrogen-bond acceptors (Lipinski definition) is 2. The van der Waals surface area contributed by atoms with Crippen molar-refractivity contribution in [2.75, 3.05) is 0 Å². The standard InChI is InChI=1S/C13H16N2.C2H6/c1-11-6-5-9-13(15-11)14-10-12-7-3-2-4-8-12;1-2/h2-9,13-15H,10H2,1H3;1-2H3. The van der Waals surface area contributed by atoms with E-state index in [0.29, 0.717) is 0 Å². The van der Waals surface area contributed by atoms with Crippen molar-refractivity contribution in [3.8, 4) is 0 Å². The maximum absolute atomic E-state index is 3.43. The Morgan fingerprint density at radius 3 is 2.53 bits per heavy atom. The van der Waals surface area contributed by atoms with Crippen LogP contribution in [0.25, 0.3) is 0 Å². The summed E-state index contributed by atoms with van der Waals surface area (Å²) in [5, 5.41) is 6.78. The summed E-state index contributed by atoms with van der Waals surface area (Å²) in [7, 11) is 0. The van der Waals surface area contributed by atoms with Crippen LogP contribution in [0.1, 0.15) is 26.3 Å². The molecule has 1 heterocycles. The zero-order chi connectivity index (χ0) is 12.5. The lowest BCUT2D eigenvalue weighted by molar-refractivity contribution is 0.530. The molecule has 0 saturated carbocycles. The van der Waals surface area contributed by atoms with E-state index in [2.05, 4.69) is 60.1 Å². The number of benzene rings is 1. The lowest BCUT2D eigenvalue weighted by Gasteiger charge is -2.20. The first-order valence-corrected chi connectivity index (χ1v) is 6.23. The van der Waals surface area contributed by atoms with E-state index in [0.717, 1.165) is 6.54 Å².